The zero-order valence-corrected chi connectivity index (χ0v) is 12.8. The van der Waals surface area contributed by atoms with Crippen LogP contribution in [-0.2, 0) is 11.3 Å². The van der Waals surface area contributed by atoms with Crippen molar-refractivity contribution in [2.75, 3.05) is 0 Å². The van der Waals surface area contributed by atoms with Gasteiger partial charge in [0.1, 0.15) is 12.4 Å². The van der Waals surface area contributed by atoms with E-state index in [-0.39, 0.29) is 12.1 Å². The summed E-state index contributed by atoms with van der Waals surface area (Å²) in [5.41, 5.74) is 1.50. The van der Waals surface area contributed by atoms with E-state index in [4.69, 9.17) is 21.1 Å². The third-order valence-electron chi connectivity index (χ3n) is 2.73. The van der Waals surface area contributed by atoms with Gasteiger partial charge in [-0.1, -0.05) is 23.7 Å². The lowest BCUT2D eigenvalue weighted by molar-refractivity contribution is 0.0378. The maximum Gasteiger partial charge on any atom is 0.338 e. The monoisotopic (exact) mass is 304 g/mol. The van der Waals surface area contributed by atoms with Crippen LogP contribution in [0.3, 0.4) is 0 Å². The van der Waals surface area contributed by atoms with Crippen molar-refractivity contribution < 1.29 is 14.3 Å². The van der Waals surface area contributed by atoms with Crippen LogP contribution in [-0.4, -0.2) is 12.1 Å². The molecule has 0 N–H and O–H groups in total. The Labute approximate surface area is 129 Å². The van der Waals surface area contributed by atoms with Gasteiger partial charge in [0.05, 0.1) is 11.7 Å². The molecule has 0 aliphatic heterocycles. The van der Waals surface area contributed by atoms with E-state index in [2.05, 4.69) is 0 Å². The Morgan fingerprint density at radius 3 is 2.48 bits per heavy atom. The first kappa shape index (κ1) is 15.4. The molecule has 0 atom stereocenters. The van der Waals surface area contributed by atoms with Crippen LogP contribution in [0.25, 0.3) is 0 Å². The predicted molar refractivity (Wildman–Crippen MR) is 82.8 cm³/mol. The summed E-state index contributed by atoms with van der Waals surface area (Å²) < 4.78 is 10.8. The Morgan fingerprint density at radius 1 is 1.14 bits per heavy atom. The van der Waals surface area contributed by atoms with Crippen LogP contribution in [0.15, 0.2) is 48.5 Å². The summed E-state index contributed by atoms with van der Waals surface area (Å²) in [6.45, 7) is 4.07. The van der Waals surface area contributed by atoms with Crippen LogP contribution >= 0.6 is 11.6 Å². The molecule has 21 heavy (non-hydrogen) atoms. The standard InChI is InChI=1S/C17H17ClO3/c1-12(2)21-17(19)14-6-8-16(9-7-14)20-11-13-4-3-5-15(18)10-13/h3-10,12H,11H2,1-2H3. The number of hydrogen-bond donors (Lipinski definition) is 0. The molecule has 0 amide bonds. The number of hydrogen-bond acceptors (Lipinski definition) is 3. The average Bonchev–Trinajstić information content (AvgIpc) is 2.45. The summed E-state index contributed by atoms with van der Waals surface area (Å²) in [4.78, 5) is 11.7. The highest BCUT2D eigenvalue weighted by atomic mass is 35.5. The van der Waals surface area contributed by atoms with Crippen LogP contribution < -0.4 is 4.74 Å². The number of esters is 1. The van der Waals surface area contributed by atoms with Gasteiger partial charge in [0.15, 0.2) is 0 Å². The second kappa shape index (κ2) is 7.14. The van der Waals surface area contributed by atoms with E-state index in [1.165, 1.54) is 0 Å². The fraction of sp³-hybridized carbons (Fsp3) is 0.235. The van der Waals surface area contributed by atoms with Gasteiger partial charge in [0.2, 0.25) is 0 Å². The highest BCUT2D eigenvalue weighted by Crippen LogP contribution is 2.17. The van der Waals surface area contributed by atoms with Gasteiger partial charge in [-0.3, -0.25) is 0 Å². The van der Waals surface area contributed by atoms with Gasteiger partial charge in [-0.2, -0.15) is 0 Å². The lowest BCUT2D eigenvalue weighted by Gasteiger charge is -2.09. The predicted octanol–water partition coefficient (Wildman–Crippen LogP) is 4.48. The minimum Gasteiger partial charge on any atom is -0.489 e. The molecule has 0 radical (unpaired) electrons. The Morgan fingerprint density at radius 2 is 1.86 bits per heavy atom. The Hall–Kier alpha value is -2.00. The molecule has 4 heteroatoms. The van der Waals surface area contributed by atoms with Gasteiger partial charge < -0.3 is 9.47 Å². The summed E-state index contributed by atoms with van der Waals surface area (Å²) in [6, 6.07) is 14.4. The molecule has 0 heterocycles. The van der Waals surface area contributed by atoms with E-state index in [1.807, 2.05) is 38.1 Å². The number of carbonyl (C=O) groups excluding carboxylic acids is 1. The van der Waals surface area contributed by atoms with Crippen molar-refractivity contribution in [3.63, 3.8) is 0 Å². The van der Waals surface area contributed by atoms with Gasteiger partial charge in [-0.25, -0.2) is 4.79 Å². The SMILES string of the molecule is CC(C)OC(=O)c1ccc(OCc2cccc(Cl)c2)cc1. The Kier molecular flexibility index (Phi) is 5.23. The van der Waals surface area contributed by atoms with Crippen molar-refractivity contribution in [1.82, 2.24) is 0 Å². The highest BCUT2D eigenvalue weighted by Gasteiger charge is 2.08. The molecule has 0 aliphatic carbocycles. The topological polar surface area (TPSA) is 35.5 Å². The smallest absolute Gasteiger partial charge is 0.338 e. The van der Waals surface area contributed by atoms with E-state index in [9.17, 15) is 4.79 Å². The first-order chi connectivity index (χ1) is 10.0. The van der Waals surface area contributed by atoms with E-state index in [1.54, 1.807) is 24.3 Å². The first-order valence-corrected chi connectivity index (χ1v) is 7.10. The molecule has 110 valence electrons. The number of ether oxygens (including phenoxy) is 2. The molecule has 2 aromatic rings. The Balaban J connectivity index is 1.95. The van der Waals surface area contributed by atoms with Gasteiger partial charge >= 0.3 is 5.97 Å². The molecule has 0 saturated carbocycles. The molecular weight excluding hydrogens is 288 g/mol. The fourth-order valence-corrected chi connectivity index (χ4v) is 1.98. The van der Waals surface area contributed by atoms with E-state index < -0.39 is 0 Å². The van der Waals surface area contributed by atoms with Gasteiger partial charge in [0.25, 0.3) is 0 Å². The molecule has 2 aromatic carbocycles. The second-order valence-corrected chi connectivity index (χ2v) is 5.33. The van der Waals surface area contributed by atoms with Crippen LogP contribution in [0, 0.1) is 0 Å². The lowest BCUT2D eigenvalue weighted by atomic mass is 10.2. The summed E-state index contributed by atoms with van der Waals surface area (Å²) in [5.74, 6) is 0.363. The third-order valence-corrected chi connectivity index (χ3v) is 2.96. The summed E-state index contributed by atoms with van der Waals surface area (Å²) in [6.07, 6.45) is -0.128. The fourth-order valence-electron chi connectivity index (χ4n) is 1.76. The summed E-state index contributed by atoms with van der Waals surface area (Å²) in [5, 5.41) is 0.683. The maximum atomic E-state index is 11.7. The molecular formula is C17H17ClO3. The number of rotatable bonds is 5. The van der Waals surface area contributed by atoms with E-state index in [0.717, 1.165) is 5.56 Å². The normalized spacial score (nSPS) is 10.5. The highest BCUT2D eigenvalue weighted by molar-refractivity contribution is 6.30. The number of halogens is 1. The van der Waals surface area contributed by atoms with Crippen LogP contribution in [0.4, 0.5) is 0 Å². The molecule has 0 saturated heterocycles. The van der Waals surface area contributed by atoms with Crippen LogP contribution in [0.1, 0.15) is 29.8 Å². The quantitative estimate of drug-likeness (QED) is 0.764. The molecule has 2 rings (SSSR count). The molecule has 3 nitrogen and oxygen atoms in total. The molecule has 0 bridgehead atoms. The van der Waals surface area contributed by atoms with E-state index in [0.29, 0.717) is 22.9 Å². The van der Waals surface area contributed by atoms with Crippen molar-refractivity contribution >= 4 is 17.6 Å². The molecule has 0 fully saturated rings. The Bertz CT molecular complexity index is 606. The zero-order valence-electron chi connectivity index (χ0n) is 12.0. The zero-order chi connectivity index (χ0) is 15.2. The molecule has 0 aromatic heterocycles. The van der Waals surface area contributed by atoms with E-state index >= 15 is 0 Å². The molecule has 0 aliphatic rings. The maximum absolute atomic E-state index is 11.7. The molecule has 0 unspecified atom stereocenters. The van der Waals surface area contributed by atoms with Crippen LogP contribution in [0.5, 0.6) is 5.75 Å². The summed E-state index contributed by atoms with van der Waals surface area (Å²) in [7, 11) is 0. The summed E-state index contributed by atoms with van der Waals surface area (Å²) >= 11 is 5.92. The largest absolute Gasteiger partial charge is 0.489 e. The third kappa shape index (κ3) is 4.80. The molecule has 0 spiro atoms. The van der Waals surface area contributed by atoms with Gasteiger partial charge in [-0.05, 0) is 55.8 Å². The van der Waals surface area contributed by atoms with Crippen molar-refractivity contribution in [1.29, 1.82) is 0 Å². The van der Waals surface area contributed by atoms with Crippen molar-refractivity contribution in [2.45, 2.75) is 26.6 Å². The van der Waals surface area contributed by atoms with Crippen LogP contribution in [0.2, 0.25) is 5.02 Å². The number of benzene rings is 2. The lowest BCUT2D eigenvalue weighted by Crippen LogP contribution is -2.11. The number of carbonyl (C=O) groups is 1. The second-order valence-electron chi connectivity index (χ2n) is 4.90. The first-order valence-electron chi connectivity index (χ1n) is 6.73. The van der Waals surface area contributed by atoms with Gasteiger partial charge in [0, 0.05) is 5.02 Å². The average molecular weight is 305 g/mol. The minimum atomic E-state index is -0.327. The van der Waals surface area contributed by atoms with Crippen molar-refractivity contribution in [3.05, 3.63) is 64.7 Å². The minimum absolute atomic E-state index is 0.128. The van der Waals surface area contributed by atoms with Gasteiger partial charge in [-0.15, -0.1) is 0 Å². The van der Waals surface area contributed by atoms with Crippen molar-refractivity contribution in [3.8, 4) is 5.75 Å². The van der Waals surface area contributed by atoms with Crippen molar-refractivity contribution in [2.24, 2.45) is 0 Å².